The van der Waals surface area contributed by atoms with Gasteiger partial charge in [-0.2, -0.15) is 13.5 Å². The van der Waals surface area contributed by atoms with Crippen molar-refractivity contribution in [2.45, 2.75) is 4.90 Å². The molecule has 0 aliphatic carbocycles. The topological polar surface area (TPSA) is 95.2 Å². The van der Waals surface area contributed by atoms with E-state index >= 15 is 0 Å². The van der Waals surface area contributed by atoms with Crippen molar-refractivity contribution in [3.05, 3.63) is 59.9 Å². The number of aromatic nitrogens is 1. The average Bonchev–Trinajstić information content (AvgIpc) is 2.84. The Kier molecular flexibility index (Phi) is 4.18. The van der Waals surface area contributed by atoms with Crippen LogP contribution in [0.2, 0.25) is 0 Å². The summed E-state index contributed by atoms with van der Waals surface area (Å²) in [6.07, 6.45) is 4.81. The van der Waals surface area contributed by atoms with Gasteiger partial charge in [0.1, 0.15) is 4.90 Å². The van der Waals surface area contributed by atoms with Gasteiger partial charge in [-0.05, 0) is 18.2 Å². The molecule has 1 aliphatic rings. The predicted molar refractivity (Wildman–Crippen MR) is 85.8 cm³/mol. The number of benzene rings is 1. The summed E-state index contributed by atoms with van der Waals surface area (Å²) in [6, 6.07) is 10.1. The smallest absolute Gasteiger partial charge is 0.285 e. The molecule has 0 unspecified atom stereocenters. The van der Waals surface area contributed by atoms with Gasteiger partial charge in [0.05, 0.1) is 19.4 Å². The van der Waals surface area contributed by atoms with Crippen LogP contribution in [0.5, 0.6) is 0 Å². The molecule has 3 rings (SSSR count). The summed E-state index contributed by atoms with van der Waals surface area (Å²) in [7, 11) is -3.72. The second kappa shape index (κ2) is 6.27. The molecule has 0 saturated heterocycles. The van der Waals surface area contributed by atoms with Gasteiger partial charge in [0, 0.05) is 23.5 Å². The standard InChI is InChI=1S/C15H14N4O3S/c20-9-8-19(17-11-12-4-3-7-16-10-12)15-13-5-1-2-6-14(13)23(21,22)18-15/h1-7,10-11,20H,8-9H2/b17-11-. The van der Waals surface area contributed by atoms with Crippen LogP contribution >= 0.6 is 0 Å². The molecular weight excluding hydrogens is 316 g/mol. The number of aliphatic hydroxyl groups is 1. The first kappa shape index (κ1) is 15.3. The van der Waals surface area contributed by atoms with Crippen LogP contribution in [0.3, 0.4) is 0 Å². The molecule has 0 radical (unpaired) electrons. The van der Waals surface area contributed by atoms with Gasteiger partial charge in [-0.1, -0.05) is 18.2 Å². The Labute approximate surface area is 133 Å². The quantitative estimate of drug-likeness (QED) is 0.662. The Morgan fingerprint density at radius 3 is 2.78 bits per heavy atom. The third-order valence-corrected chi connectivity index (χ3v) is 4.52. The number of hydrazone groups is 1. The third-order valence-electron chi connectivity index (χ3n) is 3.20. The van der Waals surface area contributed by atoms with Crippen LogP contribution in [0, 0.1) is 0 Å². The van der Waals surface area contributed by atoms with Crippen molar-refractivity contribution in [3.8, 4) is 0 Å². The summed E-state index contributed by atoms with van der Waals surface area (Å²) in [5.41, 5.74) is 1.23. The van der Waals surface area contributed by atoms with Gasteiger partial charge >= 0.3 is 0 Å². The van der Waals surface area contributed by atoms with Gasteiger partial charge in [-0.3, -0.25) is 4.98 Å². The van der Waals surface area contributed by atoms with Gasteiger partial charge < -0.3 is 5.11 Å². The fourth-order valence-electron chi connectivity index (χ4n) is 2.18. The molecule has 0 spiro atoms. The Bertz CT molecular complexity index is 863. The fourth-order valence-corrected chi connectivity index (χ4v) is 3.38. The van der Waals surface area contributed by atoms with E-state index < -0.39 is 10.0 Å². The molecule has 0 atom stereocenters. The summed E-state index contributed by atoms with van der Waals surface area (Å²) in [5.74, 6) is 0.204. The molecule has 1 aromatic carbocycles. The summed E-state index contributed by atoms with van der Waals surface area (Å²) < 4.78 is 28.0. The van der Waals surface area contributed by atoms with Crippen LogP contribution in [-0.4, -0.2) is 48.7 Å². The highest BCUT2D eigenvalue weighted by molar-refractivity contribution is 7.90. The van der Waals surface area contributed by atoms with Crippen molar-refractivity contribution in [1.29, 1.82) is 0 Å². The van der Waals surface area contributed by atoms with E-state index in [2.05, 4.69) is 14.5 Å². The van der Waals surface area contributed by atoms with E-state index in [0.717, 1.165) is 5.56 Å². The van der Waals surface area contributed by atoms with Gasteiger partial charge in [-0.15, -0.1) is 4.40 Å². The third kappa shape index (κ3) is 3.13. The van der Waals surface area contributed by atoms with E-state index in [-0.39, 0.29) is 23.9 Å². The van der Waals surface area contributed by atoms with E-state index in [1.54, 1.807) is 42.9 Å². The molecule has 2 aromatic rings. The molecule has 0 saturated carbocycles. The van der Waals surface area contributed by atoms with Crippen LogP contribution in [0.4, 0.5) is 0 Å². The first-order valence-electron chi connectivity index (χ1n) is 6.88. The molecule has 1 N–H and O–H groups in total. The lowest BCUT2D eigenvalue weighted by atomic mass is 10.2. The molecule has 118 valence electrons. The summed E-state index contributed by atoms with van der Waals surface area (Å²) in [6.45, 7) is -0.0644. The highest BCUT2D eigenvalue weighted by Crippen LogP contribution is 2.27. The molecule has 1 aromatic heterocycles. The zero-order valence-electron chi connectivity index (χ0n) is 12.1. The van der Waals surface area contributed by atoms with Crippen molar-refractivity contribution in [2.24, 2.45) is 9.50 Å². The van der Waals surface area contributed by atoms with Crippen molar-refractivity contribution >= 4 is 22.1 Å². The van der Waals surface area contributed by atoms with Gasteiger partial charge in [0.15, 0.2) is 5.84 Å². The van der Waals surface area contributed by atoms with Gasteiger partial charge in [0.25, 0.3) is 10.0 Å². The van der Waals surface area contributed by atoms with Crippen molar-refractivity contribution in [3.63, 3.8) is 0 Å². The first-order valence-corrected chi connectivity index (χ1v) is 8.32. The fraction of sp³-hybridized carbons (Fsp3) is 0.133. The number of sulfonamides is 1. The van der Waals surface area contributed by atoms with Gasteiger partial charge in [-0.25, -0.2) is 5.01 Å². The lowest BCUT2D eigenvalue weighted by Gasteiger charge is -2.17. The Morgan fingerprint density at radius 2 is 2.04 bits per heavy atom. The maximum Gasteiger partial charge on any atom is 0.285 e. The van der Waals surface area contributed by atoms with E-state index in [9.17, 15) is 13.5 Å². The maximum atomic E-state index is 12.1. The molecule has 0 amide bonds. The minimum atomic E-state index is -3.72. The molecule has 23 heavy (non-hydrogen) atoms. The highest BCUT2D eigenvalue weighted by Gasteiger charge is 2.31. The van der Waals surface area contributed by atoms with Crippen LogP contribution in [0.1, 0.15) is 11.1 Å². The minimum absolute atomic E-state index is 0.124. The Balaban J connectivity index is 1.98. The van der Waals surface area contributed by atoms with E-state index in [1.165, 1.54) is 11.1 Å². The molecule has 1 aliphatic heterocycles. The molecule has 2 heterocycles. The number of rotatable bonds is 4. The molecule has 7 nitrogen and oxygen atoms in total. The predicted octanol–water partition coefficient (Wildman–Crippen LogP) is 0.859. The Morgan fingerprint density at radius 1 is 1.22 bits per heavy atom. The molecule has 0 bridgehead atoms. The van der Waals surface area contributed by atoms with E-state index in [0.29, 0.717) is 5.56 Å². The monoisotopic (exact) mass is 330 g/mol. The SMILES string of the molecule is O=S1(=O)N=C(N(CCO)/N=C\c2cccnc2)c2ccccc21. The number of nitrogens with zero attached hydrogens (tertiary/aromatic N) is 4. The number of hydrogen-bond donors (Lipinski definition) is 1. The molecule has 8 heteroatoms. The lowest BCUT2D eigenvalue weighted by molar-refractivity contribution is 0.254. The lowest BCUT2D eigenvalue weighted by Crippen LogP contribution is -2.28. The summed E-state index contributed by atoms with van der Waals surface area (Å²) in [4.78, 5) is 4.13. The van der Waals surface area contributed by atoms with Crippen LogP contribution in [0.15, 0.2) is 63.2 Å². The van der Waals surface area contributed by atoms with Crippen molar-refractivity contribution in [1.82, 2.24) is 9.99 Å². The number of hydrogen-bond acceptors (Lipinski definition) is 6. The Hall–Kier alpha value is -2.58. The van der Waals surface area contributed by atoms with Gasteiger partial charge in [0.2, 0.25) is 0 Å². The van der Waals surface area contributed by atoms with Crippen molar-refractivity contribution < 1.29 is 13.5 Å². The number of fused-ring (bicyclic) bond motifs is 1. The zero-order chi connectivity index (χ0) is 16.3. The average molecular weight is 330 g/mol. The molecular formula is C15H14N4O3S. The zero-order valence-corrected chi connectivity index (χ0v) is 12.9. The maximum absolute atomic E-state index is 12.1. The summed E-state index contributed by atoms with van der Waals surface area (Å²) in [5, 5.41) is 14.9. The highest BCUT2D eigenvalue weighted by atomic mass is 32.2. The van der Waals surface area contributed by atoms with Crippen LogP contribution in [0.25, 0.3) is 0 Å². The number of pyridine rings is 1. The summed E-state index contributed by atoms with van der Waals surface area (Å²) >= 11 is 0. The van der Waals surface area contributed by atoms with Crippen molar-refractivity contribution in [2.75, 3.05) is 13.2 Å². The molecule has 0 fully saturated rings. The second-order valence-electron chi connectivity index (χ2n) is 4.76. The number of amidine groups is 1. The number of aliphatic hydroxyl groups excluding tert-OH is 1. The minimum Gasteiger partial charge on any atom is -0.394 e. The first-order chi connectivity index (χ1) is 11.1. The largest absolute Gasteiger partial charge is 0.394 e. The second-order valence-corrected chi connectivity index (χ2v) is 6.34. The van der Waals surface area contributed by atoms with Crippen LogP contribution < -0.4 is 0 Å². The normalized spacial score (nSPS) is 15.4. The van der Waals surface area contributed by atoms with Crippen LogP contribution in [-0.2, 0) is 10.0 Å². The van der Waals surface area contributed by atoms with E-state index in [4.69, 9.17) is 0 Å². The van der Waals surface area contributed by atoms with E-state index in [1.807, 2.05) is 6.07 Å².